The zero-order chi connectivity index (χ0) is 18.1. The van der Waals surface area contributed by atoms with E-state index in [9.17, 15) is 4.79 Å². The fourth-order valence-electron chi connectivity index (χ4n) is 2.97. The van der Waals surface area contributed by atoms with Gasteiger partial charge in [-0.25, -0.2) is 9.78 Å². The molecule has 1 atom stereocenters. The molecule has 0 saturated carbocycles. The minimum absolute atomic E-state index is 0.133. The minimum Gasteiger partial charge on any atom is -0.478 e. The third kappa shape index (κ3) is 3.28. The van der Waals surface area contributed by atoms with E-state index in [2.05, 4.69) is 30.5 Å². The molecule has 0 fully saturated rings. The van der Waals surface area contributed by atoms with Crippen LogP contribution in [0, 0.1) is 13.8 Å². The maximum Gasteiger partial charge on any atom is 0.335 e. The standard InChI is InChI=1S/C20H23N3O2/c1-4-16(21)19-22-17-9-12(2)13(3)10-18(17)23(19)11-14-5-7-15(8-6-14)20(24)25/h5-10,16H,4,11,21H2,1-3H3,(H,24,25). The molecule has 2 aromatic carbocycles. The van der Waals surface area contributed by atoms with Crippen LogP contribution in [0.4, 0.5) is 0 Å². The Hall–Kier alpha value is -2.66. The van der Waals surface area contributed by atoms with Crippen molar-refractivity contribution in [2.75, 3.05) is 0 Å². The van der Waals surface area contributed by atoms with Crippen molar-refractivity contribution in [3.8, 4) is 0 Å². The van der Waals surface area contributed by atoms with Crippen molar-refractivity contribution in [3.63, 3.8) is 0 Å². The third-order valence-corrected chi connectivity index (χ3v) is 4.71. The lowest BCUT2D eigenvalue weighted by Crippen LogP contribution is -2.16. The molecule has 0 bridgehead atoms. The molecule has 5 nitrogen and oxygen atoms in total. The monoisotopic (exact) mass is 337 g/mol. The second-order valence-electron chi connectivity index (χ2n) is 6.50. The molecule has 0 aliphatic rings. The van der Waals surface area contributed by atoms with Gasteiger partial charge in [-0.2, -0.15) is 0 Å². The average Bonchev–Trinajstić information content (AvgIpc) is 2.92. The molecule has 3 N–H and O–H groups in total. The van der Waals surface area contributed by atoms with Gasteiger partial charge in [0.15, 0.2) is 0 Å². The van der Waals surface area contributed by atoms with Crippen LogP contribution in [0.2, 0.25) is 0 Å². The van der Waals surface area contributed by atoms with Crippen LogP contribution in [-0.4, -0.2) is 20.6 Å². The van der Waals surface area contributed by atoms with Crippen LogP contribution in [0.1, 0.15) is 52.3 Å². The van der Waals surface area contributed by atoms with Crippen LogP contribution in [0.3, 0.4) is 0 Å². The summed E-state index contributed by atoms with van der Waals surface area (Å²) < 4.78 is 2.14. The number of carboxylic acids is 1. The van der Waals surface area contributed by atoms with E-state index < -0.39 is 5.97 Å². The first-order valence-electron chi connectivity index (χ1n) is 8.46. The molecule has 1 aromatic heterocycles. The number of imidazole rings is 1. The molecule has 25 heavy (non-hydrogen) atoms. The summed E-state index contributed by atoms with van der Waals surface area (Å²) in [6, 6.07) is 11.1. The van der Waals surface area contributed by atoms with Gasteiger partial charge in [0.1, 0.15) is 5.82 Å². The second-order valence-corrected chi connectivity index (χ2v) is 6.50. The number of aryl methyl sites for hydroxylation is 2. The van der Waals surface area contributed by atoms with E-state index in [1.54, 1.807) is 12.1 Å². The Morgan fingerprint density at radius 1 is 1.20 bits per heavy atom. The fraction of sp³-hybridized carbons (Fsp3) is 0.300. The smallest absolute Gasteiger partial charge is 0.335 e. The molecule has 0 amide bonds. The first kappa shape index (κ1) is 17.2. The molecule has 5 heteroatoms. The van der Waals surface area contributed by atoms with Crippen LogP contribution in [0.15, 0.2) is 36.4 Å². The molecule has 1 heterocycles. The zero-order valence-electron chi connectivity index (χ0n) is 14.8. The van der Waals surface area contributed by atoms with E-state index >= 15 is 0 Å². The molecule has 3 rings (SSSR count). The Morgan fingerprint density at radius 3 is 2.44 bits per heavy atom. The Kier molecular flexibility index (Phi) is 4.59. The van der Waals surface area contributed by atoms with Crippen molar-refractivity contribution in [2.45, 2.75) is 39.8 Å². The summed E-state index contributed by atoms with van der Waals surface area (Å²) in [6.45, 7) is 6.83. The van der Waals surface area contributed by atoms with E-state index in [0.717, 1.165) is 28.8 Å². The van der Waals surface area contributed by atoms with Crippen LogP contribution >= 0.6 is 0 Å². The Balaban J connectivity index is 2.09. The number of fused-ring (bicyclic) bond motifs is 1. The summed E-state index contributed by atoms with van der Waals surface area (Å²) in [4.78, 5) is 15.8. The molecule has 0 radical (unpaired) electrons. The van der Waals surface area contributed by atoms with Gasteiger partial charge in [0.25, 0.3) is 0 Å². The van der Waals surface area contributed by atoms with Crippen LogP contribution < -0.4 is 5.73 Å². The van der Waals surface area contributed by atoms with Gasteiger partial charge < -0.3 is 15.4 Å². The Bertz CT molecular complexity index is 926. The highest BCUT2D eigenvalue weighted by Crippen LogP contribution is 2.25. The molecule has 130 valence electrons. The third-order valence-electron chi connectivity index (χ3n) is 4.71. The molecule has 0 saturated heterocycles. The SMILES string of the molecule is CCC(N)c1nc2cc(C)c(C)cc2n1Cc1ccc(C(=O)O)cc1. The summed E-state index contributed by atoms with van der Waals surface area (Å²) >= 11 is 0. The van der Waals surface area contributed by atoms with E-state index in [-0.39, 0.29) is 11.6 Å². The van der Waals surface area contributed by atoms with Crippen molar-refractivity contribution < 1.29 is 9.90 Å². The summed E-state index contributed by atoms with van der Waals surface area (Å²) in [5.74, 6) is -0.0516. The van der Waals surface area contributed by atoms with Gasteiger partial charge in [-0.3, -0.25) is 0 Å². The maximum atomic E-state index is 11.0. The Morgan fingerprint density at radius 2 is 1.84 bits per heavy atom. The molecular formula is C20H23N3O2. The predicted molar refractivity (Wildman–Crippen MR) is 98.9 cm³/mol. The van der Waals surface area contributed by atoms with Crippen LogP contribution in [0.25, 0.3) is 11.0 Å². The number of aromatic nitrogens is 2. The van der Waals surface area contributed by atoms with E-state index in [1.807, 2.05) is 19.1 Å². The Labute approximate surface area is 147 Å². The lowest BCUT2D eigenvalue weighted by atomic mass is 10.1. The molecular weight excluding hydrogens is 314 g/mol. The molecule has 3 aromatic rings. The number of nitrogens with two attached hydrogens (primary N) is 1. The average molecular weight is 337 g/mol. The number of hydrogen-bond acceptors (Lipinski definition) is 3. The number of hydrogen-bond donors (Lipinski definition) is 2. The highest BCUT2D eigenvalue weighted by Gasteiger charge is 2.17. The number of carbonyl (C=O) groups is 1. The van der Waals surface area contributed by atoms with Gasteiger partial charge in [-0.05, 0) is 61.2 Å². The van der Waals surface area contributed by atoms with Crippen molar-refractivity contribution in [2.24, 2.45) is 5.73 Å². The second kappa shape index (κ2) is 6.69. The number of nitrogens with zero attached hydrogens (tertiary/aromatic N) is 2. The van der Waals surface area contributed by atoms with Crippen molar-refractivity contribution in [3.05, 3.63) is 64.5 Å². The van der Waals surface area contributed by atoms with Gasteiger partial charge in [0, 0.05) is 6.54 Å². The van der Waals surface area contributed by atoms with Gasteiger partial charge in [-0.1, -0.05) is 19.1 Å². The van der Waals surface area contributed by atoms with Crippen molar-refractivity contribution in [1.29, 1.82) is 0 Å². The predicted octanol–water partition coefficient (Wildman–Crippen LogP) is 3.81. The molecule has 0 aliphatic carbocycles. The highest BCUT2D eigenvalue weighted by molar-refractivity contribution is 5.87. The van der Waals surface area contributed by atoms with Gasteiger partial charge in [0.2, 0.25) is 0 Å². The van der Waals surface area contributed by atoms with E-state index in [1.165, 1.54) is 11.1 Å². The first-order chi connectivity index (χ1) is 11.9. The summed E-state index contributed by atoms with van der Waals surface area (Å²) in [5.41, 5.74) is 12.0. The zero-order valence-corrected chi connectivity index (χ0v) is 14.8. The number of benzene rings is 2. The van der Waals surface area contributed by atoms with E-state index in [4.69, 9.17) is 15.8 Å². The summed E-state index contributed by atoms with van der Waals surface area (Å²) in [7, 11) is 0. The highest BCUT2D eigenvalue weighted by atomic mass is 16.4. The van der Waals surface area contributed by atoms with E-state index in [0.29, 0.717) is 6.54 Å². The maximum absolute atomic E-state index is 11.0. The van der Waals surface area contributed by atoms with Crippen LogP contribution in [0.5, 0.6) is 0 Å². The fourth-order valence-corrected chi connectivity index (χ4v) is 2.97. The van der Waals surface area contributed by atoms with Crippen molar-refractivity contribution >= 4 is 17.0 Å². The van der Waals surface area contributed by atoms with Gasteiger partial charge >= 0.3 is 5.97 Å². The number of carboxylic acid groups (broad SMARTS) is 1. The minimum atomic E-state index is -0.917. The lowest BCUT2D eigenvalue weighted by molar-refractivity contribution is 0.0697. The molecule has 1 unspecified atom stereocenters. The number of aromatic carboxylic acids is 1. The number of rotatable bonds is 5. The largest absolute Gasteiger partial charge is 0.478 e. The van der Waals surface area contributed by atoms with Crippen LogP contribution in [-0.2, 0) is 6.54 Å². The topological polar surface area (TPSA) is 81.1 Å². The quantitative estimate of drug-likeness (QED) is 0.742. The molecule has 0 aliphatic heterocycles. The summed E-state index contributed by atoms with van der Waals surface area (Å²) in [5, 5.41) is 9.05. The lowest BCUT2D eigenvalue weighted by Gasteiger charge is -2.14. The van der Waals surface area contributed by atoms with Crippen molar-refractivity contribution in [1.82, 2.24) is 9.55 Å². The van der Waals surface area contributed by atoms with Gasteiger partial charge in [0.05, 0.1) is 22.6 Å². The first-order valence-corrected chi connectivity index (χ1v) is 8.46. The normalized spacial score (nSPS) is 12.5. The molecule has 0 spiro atoms. The van der Waals surface area contributed by atoms with Gasteiger partial charge in [-0.15, -0.1) is 0 Å². The summed E-state index contributed by atoms with van der Waals surface area (Å²) in [6.07, 6.45) is 0.805.